The molecule has 1 aliphatic heterocycles. The van der Waals surface area contributed by atoms with Crippen LogP contribution in [0.4, 0.5) is 16.0 Å². The summed E-state index contributed by atoms with van der Waals surface area (Å²) in [5, 5.41) is 4.14. The van der Waals surface area contributed by atoms with Crippen LogP contribution in [0, 0.1) is 11.7 Å². The lowest BCUT2D eigenvalue weighted by Gasteiger charge is -2.17. The van der Waals surface area contributed by atoms with Crippen LogP contribution in [-0.4, -0.2) is 20.3 Å². The maximum atomic E-state index is 14.7. The van der Waals surface area contributed by atoms with Crippen molar-refractivity contribution in [1.29, 1.82) is 0 Å². The summed E-state index contributed by atoms with van der Waals surface area (Å²) in [6.07, 6.45) is 3.46. The van der Waals surface area contributed by atoms with Crippen molar-refractivity contribution in [3.8, 4) is 11.1 Å². The Kier molecular flexibility index (Phi) is 3.16. The number of aliphatic imine (C=N–C) groups is 1. The zero-order valence-electron chi connectivity index (χ0n) is 13.8. The van der Waals surface area contributed by atoms with Gasteiger partial charge >= 0.3 is 0 Å². The number of nitrogens with two attached hydrogens (primary N) is 1. The van der Waals surface area contributed by atoms with Crippen LogP contribution in [0.25, 0.3) is 16.6 Å². The highest BCUT2D eigenvalue weighted by Gasteiger charge is 2.30. The fourth-order valence-electron chi connectivity index (χ4n) is 3.60. The van der Waals surface area contributed by atoms with Gasteiger partial charge in [0, 0.05) is 23.4 Å². The Bertz CT molecular complexity index is 986. The van der Waals surface area contributed by atoms with Crippen LogP contribution in [-0.2, 0) is 0 Å². The number of anilines is 1. The van der Waals surface area contributed by atoms with Crippen molar-refractivity contribution >= 4 is 22.9 Å². The summed E-state index contributed by atoms with van der Waals surface area (Å²) in [4.78, 5) is 8.49. The van der Waals surface area contributed by atoms with E-state index in [9.17, 15) is 4.39 Å². The van der Waals surface area contributed by atoms with Gasteiger partial charge in [-0.3, -0.25) is 4.99 Å². The molecule has 24 heavy (non-hydrogen) atoms. The first-order valence-corrected chi connectivity index (χ1v) is 7.94. The van der Waals surface area contributed by atoms with Gasteiger partial charge < -0.3 is 5.73 Å². The number of hydrogen-bond acceptors (Lipinski definition) is 4. The number of aromatic nitrogens is 3. The molecule has 1 aliphatic rings. The van der Waals surface area contributed by atoms with Gasteiger partial charge in [0.2, 0.25) is 5.95 Å². The fraction of sp³-hybridized carbons (Fsp3) is 0.278. The van der Waals surface area contributed by atoms with E-state index in [1.165, 1.54) is 6.07 Å². The van der Waals surface area contributed by atoms with Crippen LogP contribution < -0.4 is 5.73 Å². The lowest BCUT2D eigenvalue weighted by atomic mass is 9.85. The maximum Gasteiger partial charge on any atom is 0.238 e. The fourth-order valence-corrected chi connectivity index (χ4v) is 3.60. The van der Waals surface area contributed by atoms with E-state index in [-0.39, 0.29) is 17.7 Å². The Hall–Kier alpha value is -2.76. The smallest absolute Gasteiger partial charge is 0.238 e. The van der Waals surface area contributed by atoms with Crippen LogP contribution in [0.5, 0.6) is 0 Å². The average molecular weight is 323 g/mol. The molecule has 0 saturated heterocycles. The highest BCUT2D eigenvalue weighted by atomic mass is 19.1. The maximum absolute atomic E-state index is 14.7. The van der Waals surface area contributed by atoms with Crippen LogP contribution in [0.15, 0.2) is 35.6 Å². The minimum atomic E-state index is -0.291. The lowest BCUT2D eigenvalue weighted by Crippen LogP contribution is -2.11. The van der Waals surface area contributed by atoms with Crippen LogP contribution in [0.2, 0.25) is 0 Å². The highest BCUT2D eigenvalue weighted by molar-refractivity contribution is 5.97. The molecule has 2 N–H and O–H groups in total. The summed E-state index contributed by atoms with van der Waals surface area (Å²) in [7, 11) is 0. The zero-order valence-corrected chi connectivity index (χ0v) is 13.8. The number of nitrogen functional groups attached to an aromatic ring is 1. The summed E-state index contributed by atoms with van der Waals surface area (Å²) in [5.74, 6) is 0.420. The van der Waals surface area contributed by atoms with Gasteiger partial charge in [0.15, 0.2) is 0 Å². The standard InChI is InChI=1S/C18H18FN5/c1-9(2)16-10(3)22-17-13(16)6-11(7-14(17)19)12-4-5-24-15(12)8-21-18(20)23-24/h4-9,16H,1-3H3,(H2,20,23). The second-order valence-corrected chi connectivity index (χ2v) is 6.55. The highest BCUT2D eigenvalue weighted by Crippen LogP contribution is 2.43. The van der Waals surface area contributed by atoms with Gasteiger partial charge in [-0.05, 0) is 42.2 Å². The molecule has 0 fully saturated rings. The third-order valence-electron chi connectivity index (χ3n) is 4.58. The summed E-state index contributed by atoms with van der Waals surface area (Å²) in [6, 6.07) is 5.47. The van der Waals surface area contributed by atoms with Crippen molar-refractivity contribution in [2.45, 2.75) is 26.7 Å². The third-order valence-corrected chi connectivity index (χ3v) is 4.58. The molecule has 6 heteroatoms. The van der Waals surface area contributed by atoms with Crippen molar-refractivity contribution in [3.05, 3.63) is 42.0 Å². The lowest BCUT2D eigenvalue weighted by molar-refractivity contribution is 0.601. The molecule has 2 aromatic heterocycles. The molecule has 3 aromatic rings. The summed E-state index contributed by atoms with van der Waals surface area (Å²) < 4.78 is 16.3. The Morgan fingerprint density at radius 2 is 2.08 bits per heavy atom. The van der Waals surface area contributed by atoms with Gasteiger partial charge in [-0.25, -0.2) is 13.9 Å². The molecule has 1 unspecified atom stereocenters. The third kappa shape index (κ3) is 2.10. The van der Waals surface area contributed by atoms with Gasteiger partial charge in [0.05, 0.1) is 11.7 Å². The van der Waals surface area contributed by atoms with Crippen LogP contribution >= 0.6 is 0 Å². The summed E-state index contributed by atoms with van der Waals surface area (Å²) in [5.41, 5.74) is 10.5. The zero-order chi connectivity index (χ0) is 17.0. The minimum Gasteiger partial charge on any atom is -0.367 e. The van der Waals surface area contributed by atoms with E-state index in [0.717, 1.165) is 27.9 Å². The molecule has 0 spiro atoms. The Balaban J connectivity index is 1.91. The molecule has 122 valence electrons. The average Bonchev–Trinajstić information content (AvgIpc) is 3.07. The van der Waals surface area contributed by atoms with Crippen LogP contribution in [0.1, 0.15) is 32.3 Å². The molecule has 0 bridgehead atoms. The first-order chi connectivity index (χ1) is 11.5. The number of nitrogens with zero attached hydrogens (tertiary/aromatic N) is 4. The molecule has 0 saturated carbocycles. The number of benzene rings is 1. The Labute approximate surface area is 139 Å². The first-order valence-electron chi connectivity index (χ1n) is 7.94. The van der Waals surface area contributed by atoms with Gasteiger partial charge in [0.25, 0.3) is 0 Å². The topological polar surface area (TPSA) is 68.6 Å². The number of hydrogen-bond donors (Lipinski definition) is 1. The molecule has 0 radical (unpaired) electrons. The second-order valence-electron chi connectivity index (χ2n) is 6.55. The molecular formula is C18H18FN5. The van der Waals surface area contributed by atoms with Crippen molar-refractivity contribution in [3.63, 3.8) is 0 Å². The molecule has 3 heterocycles. The van der Waals surface area contributed by atoms with Gasteiger partial charge in [-0.2, -0.15) is 0 Å². The van der Waals surface area contributed by atoms with Crippen molar-refractivity contribution in [1.82, 2.24) is 14.6 Å². The molecule has 1 atom stereocenters. The van der Waals surface area contributed by atoms with E-state index in [4.69, 9.17) is 5.73 Å². The van der Waals surface area contributed by atoms with Crippen molar-refractivity contribution in [2.75, 3.05) is 5.73 Å². The predicted molar refractivity (Wildman–Crippen MR) is 93.1 cm³/mol. The van der Waals surface area contributed by atoms with Gasteiger partial charge in [-0.1, -0.05) is 13.8 Å². The summed E-state index contributed by atoms with van der Waals surface area (Å²) >= 11 is 0. The second kappa shape index (κ2) is 5.12. The number of rotatable bonds is 2. The van der Waals surface area contributed by atoms with E-state index in [2.05, 4.69) is 28.9 Å². The minimum absolute atomic E-state index is 0.148. The molecule has 5 nitrogen and oxygen atoms in total. The Morgan fingerprint density at radius 3 is 2.83 bits per heavy atom. The number of fused-ring (bicyclic) bond motifs is 2. The normalized spacial score (nSPS) is 16.7. The molecule has 0 aliphatic carbocycles. The summed E-state index contributed by atoms with van der Waals surface area (Å²) in [6.45, 7) is 6.23. The van der Waals surface area contributed by atoms with Crippen molar-refractivity contribution < 1.29 is 4.39 Å². The SMILES string of the molecule is CC1=Nc2c(F)cc(-c3ccn4nc(N)ncc34)cc2C1C(C)C. The molecule has 0 amide bonds. The predicted octanol–water partition coefficient (Wildman–Crippen LogP) is 3.96. The molecule has 1 aromatic carbocycles. The quantitative estimate of drug-likeness (QED) is 0.776. The Morgan fingerprint density at radius 1 is 1.29 bits per heavy atom. The first kappa shape index (κ1) is 14.8. The molecular weight excluding hydrogens is 305 g/mol. The van der Waals surface area contributed by atoms with Gasteiger partial charge in [-0.15, -0.1) is 5.10 Å². The van der Waals surface area contributed by atoms with Crippen LogP contribution in [0.3, 0.4) is 0 Å². The monoisotopic (exact) mass is 323 g/mol. The van der Waals surface area contributed by atoms with Gasteiger partial charge in [0.1, 0.15) is 11.5 Å². The van der Waals surface area contributed by atoms with Crippen molar-refractivity contribution in [2.24, 2.45) is 10.9 Å². The molecule has 4 rings (SSSR count). The number of halogens is 1. The van der Waals surface area contributed by atoms with E-state index in [1.54, 1.807) is 16.9 Å². The largest absolute Gasteiger partial charge is 0.367 e. The van der Waals surface area contributed by atoms with E-state index in [1.807, 2.05) is 19.1 Å². The van der Waals surface area contributed by atoms with E-state index < -0.39 is 0 Å². The van der Waals surface area contributed by atoms with E-state index >= 15 is 0 Å². The van der Waals surface area contributed by atoms with E-state index in [0.29, 0.717) is 11.6 Å².